The number of hydrogen-bond donors (Lipinski definition) is 0. The Morgan fingerprint density at radius 3 is 1.62 bits per heavy atom. The van der Waals surface area contributed by atoms with E-state index in [2.05, 4.69) is 21.9 Å². The lowest BCUT2D eigenvalue weighted by Gasteiger charge is -2.47. The van der Waals surface area contributed by atoms with Crippen molar-refractivity contribution in [1.82, 2.24) is 18.9 Å². The molecule has 0 amide bonds. The lowest BCUT2D eigenvalue weighted by atomic mass is 9.82. The summed E-state index contributed by atoms with van der Waals surface area (Å²) in [4.78, 5) is 29.7. The Labute approximate surface area is 170 Å². The number of hydrogen-bond acceptors (Lipinski definition) is 4. The number of nitrogens with zero attached hydrogens (tertiary/aromatic N) is 4. The molecule has 29 heavy (non-hydrogen) atoms. The van der Waals surface area contributed by atoms with E-state index < -0.39 is 0 Å². The van der Waals surface area contributed by atoms with Gasteiger partial charge in [-0.25, -0.2) is 0 Å². The van der Waals surface area contributed by atoms with Crippen molar-refractivity contribution in [3.8, 4) is 0 Å². The monoisotopic (exact) mass is 392 g/mol. The summed E-state index contributed by atoms with van der Waals surface area (Å²) < 4.78 is 4.02. The molecule has 0 spiro atoms. The zero-order chi connectivity index (χ0) is 19.5. The van der Waals surface area contributed by atoms with Gasteiger partial charge in [0.25, 0.3) is 11.1 Å². The largest absolute Gasteiger partial charge is 0.312 e. The van der Waals surface area contributed by atoms with Crippen LogP contribution in [0, 0.1) is 11.8 Å². The summed E-state index contributed by atoms with van der Waals surface area (Å²) in [5, 5.41) is 0. The van der Waals surface area contributed by atoms with Gasteiger partial charge in [0, 0.05) is 74.6 Å². The lowest BCUT2D eigenvalue weighted by molar-refractivity contribution is 0.0266. The van der Waals surface area contributed by atoms with Crippen LogP contribution in [0.15, 0.2) is 46.0 Å². The third-order valence-corrected chi connectivity index (χ3v) is 7.51. The molecule has 4 bridgehead atoms. The van der Waals surface area contributed by atoms with Gasteiger partial charge in [0.1, 0.15) is 0 Å². The molecule has 6 nitrogen and oxygen atoms in total. The quantitative estimate of drug-likeness (QED) is 0.777. The number of piperidine rings is 2. The molecule has 0 unspecified atom stereocenters. The van der Waals surface area contributed by atoms with Gasteiger partial charge in [-0.2, -0.15) is 0 Å². The highest BCUT2D eigenvalue weighted by atomic mass is 16.1. The van der Waals surface area contributed by atoms with Crippen LogP contribution in [-0.2, 0) is 13.1 Å². The minimum Gasteiger partial charge on any atom is -0.312 e. The maximum absolute atomic E-state index is 12.2. The fourth-order valence-corrected chi connectivity index (χ4v) is 6.50. The van der Waals surface area contributed by atoms with Crippen molar-refractivity contribution in [2.75, 3.05) is 32.8 Å². The van der Waals surface area contributed by atoms with Gasteiger partial charge in [-0.3, -0.25) is 19.4 Å². The second kappa shape index (κ2) is 6.67. The predicted molar refractivity (Wildman–Crippen MR) is 111 cm³/mol. The first kappa shape index (κ1) is 17.7. The predicted octanol–water partition coefficient (Wildman–Crippen LogP) is 1.51. The van der Waals surface area contributed by atoms with Crippen molar-refractivity contribution in [2.45, 2.75) is 37.8 Å². The molecule has 0 radical (unpaired) electrons. The third kappa shape index (κ3) is 3.01. The minimum atomic E-state index is 0.156. The van der Waals surface area contributed by atoms with Gasteiger partial charge < -0.3 is 9.13 Å². The van der Waals surface area contributed by atoms with Crippen molar-refractivity contribution in [3.05, 3.63) is 68.5 Å². The first-order chi connectivity index (χ1) is 14.1. The van der Waals surface area contributed by atoms with Crippen LogP contribution in [0.3, 0.4) is 0 Å². The van der Waals surface area contributed by atoms with Crippen molar-refractivity contribution in [1.29, 1.82) is 0 Å². The van der Waals surface area contributed by atoms with Crippen LogP contribution in [0.4, 0.5) is 0 Å². The molecule has 4 atom stereocenters. The van der Waals surface area contributed by atoms with Crippen LogP contribution in [0.25, 0.3) is 0 Å². The molecule has 2 fully saturated rings. The highest BCUT2D eigenvalue weighted by molar-refractivity contribution is 5.18. The van der Waals surface area contributed by atoms with E-state index in [4.69, 9.17) is 0 Å². The van der Waals surface area contributed by atoms with Crippen molar-refractivity contribution in [2.24, 2.45) is 11.8 Å². The van der Waals surface area contributed by atoms with E-state index >= 15 is 0 Å². The maximum Gasteiger partial charge on any atom is 0.250 e. The van der Waals surface area contributed by atoms with Crippen molar-refractivity contribution in [3.63, 3.8) is 0 Å². The topological polar surface area (TPSA) is 50.5 Å². The molecule has 2 aromatic heterocycles. The summed E-state index contributed by atoms with van der Waals surface area (Å²) in [6, 6.07) is 11.5. The van der Waals surface area contributed by atoms with Gasteiger partial charge in [0.05, 0.1) is 6.67 Å². The van der Waals surface area contributed by atoms with E-state index in [1.807, 2.05) is 21.3 Å². The number of aromatic nitrogens is 2. The molecule has 0 aromatic carbocycles. The highest BCUT2D eigenvalue weighted by Crippen LogP contribution is 2.37. The summed E-state index contributed by atoms with van der Waals surface area (Å²) in [5.41, 5.74) is 2.76. The average Bonchev–Trinajstić information content (AvgIpc) is 2.70. The second-order valence-corrected chi connectivity index (χ2v) is 9.61. The first-order valence-electron chi connectivity index (χ1n) is 11.0. The molecule has 0 N–H and O–H groups in total. The van der Waals surface area contributed by atoms with Gasteiger partial charge in [-0.05, 0) is 36.8 Å². The Balaban J connectivity index is 1.19. The highest BCUT2D eigenvalue weighted by Gasteiger charge is 2.38. The summed E-state index contributed by atoms with van der Waals surface area (Å²) >= 11 is 0. The maximum atomic E-state index is 12.2. The van der Waals surface area contributed by atoms with E-state index in [1.165, 1.54) is 24.2 Å². The second-order valence-electron chi connectivity index (χ2n) is 9.61. The van der Waals surface area contributed by atoms with E-state index in [1.54, 1.807) is 12.1 Å². The average molecular weight is 393 g/mol. The minimum absolute atomic E-state index is 0.156. The number of fused-ring (bicyclic) bond motifs is 8. The van der Waals surface area contributed by atoms with Crippen LogP contribution in [-0.4, -0.2) is 51.8 Å². The number of rotatable bonds is 2. The molecule has 4 aliphatic rings. The SMILES string of the molecule is O=c1cccc2n1C[C@@H]1C[C@H]2CN(CN2C[C@H]3C[C@@H](C2)c2cccc(=O)n2C3)C1. The molecule has 6 heteroatoms. The summed E-state index contributed by atoms with van der Waals surface area (Å²) in [5.74, 6) is 2.09. The standard InChI is InChI=1S/C23H28N4O2/c28-22-5-1-3-20-18-7-16(11-26(20)22)9-24(13-18)15-25-10-17-8-19(14-25)21-4-2-6-23(29)27(21)12-17/h1-6,16-19H,7-15H2/t16-,17-,18+,19+/m1/s1. The molecule has 6 heterocycles. The third-order valence-electron chi connectivity index (χ3n) is 7.51. The first-order valence-corrected chi connectivity index (χ1v) is 11.0. The molecule has 6 rings (SSSR count). The van der Waals surface area contributed by atoms with Gasteiger partial charge in [0.15, 0.2) is 0 Å². The Hall–Kier alpha value is -2.18. The van der Waals surface area contributed by atoms with Gasteiger partial charge in [-0.15, -0.1) is 0 Å². The Bertz CT molecular complexity index is 974. The number of likely N-dealkylation sites (tertiary alicyclic amines) is 2. The van der Waals surface area contributed by atoms with Gasteiger partial charge >= 0.3 is 0 Å². The van der Waals surface area contributed by atoms with Crippen LogP contribution in [0.1, 0.15) is 36.1 Å². The van der Waals surface area contributed by atoms with E-state index in [0.29, 0.717) is 23.7 Å². The zero-order valence-corrected chi connectivity index (χ0v) is 16.7. The summed E-state index contributed by atoms with van der Waals surface area (Å²) in [6.45, 7) is 6.99. The lowest BCUT2D eigenvalue weighted by Crippen LogP contribution is -2.54. The summed E-state index contributed by atoms with van der Waals surface area (Å²) in [6.07, 6.45) is 2.42. The molecule has 152 valence electrons. The Morgan fingerprint density at radius 2 is 1.14 bits per heavy atom. The van der Waals surface area contributed by atoms with Crippen LogP contribution in [0.5, 0.6) is 0 Å². The molecule has 2 saturated heterocycles. The Kier molecular flexibility index (Phi) is 4.06. The molecule has 2 aromatic rings. The fourth-order valence-electron chi connectivity index (χ4n) is 6.50. The van der Waals surface area contributed by atoms with E-state index in [-0.39, 0.29) is 11.1 Å². The van der Waals surface area contributed by atoms with Gasteiger partial charge in [0.2, 0.25) is 0 Å². The summed E-state index contributed by atoms with van der Waals surface area (Å²) in [7, 11) is 0. The molecular weight excluding hydrogens is 364 g/mol. The Morgan fingerprint density at radius 1 is 0.655 bits per heavy atom. The molecule has 4 aliphatic heterocycles. The molecule has 0 saturated carbocycles. The van der Waals surface area contributed by atoms with E-state index in [9.17, 15) is 9.59 Å². The van der Waals surface area contributed by atoms with E-state index in [0.717, 1.165) is 45.9 Å². The fraction of sp³-hybridized carbons (Fsp3) is 0.565. The number of pyridine rings is 2. The molecule has 0 aliphatic carbocycles. The smallest absolute Gasteiger partial charge is 0.250 e. The van der Waals surface area contributed by atoms with Crippen molar-refractivity contribution >= 4 is 0 Å². The van der Waals surface area contributed by atoms with Crippen LogP contribution in [0.2, 0.25) is 0 Å². The van der Waals surface area contributed by atoms with Gasteiger partial charge in [-0.1, -0.05) is 12.1 Å². The normalized spacial score (nSPS) is 31.2. The zero-order valence-electron chi connectivity index (χ0n) is 16.7. The van der Waals surface area contributed by atoms with Crippen molar-refractivity contribution < 1.29 is 0 Å². The van der Waals surface area contributed by atoms with Crippen LogP contribution >= 0.6 is 0 Å². The molecular formula is C23H28N4O2. The van der Waals surface area contributed by atoms with Crippen LogP contribution < -0.4 is 11.1 Å².